The van der Waals surface area contributed by atoms with Crippen LogP contribution >= 0.6 is 0 Å². The second-order valence-corrected chi connectivity index (χ2v) is 5.62. The molecule has 0 saturated carbocycles. The third-order valence-electron chi connectivity index (χ3n) is 3.77. The lowest BCUT2D eigenvalue weighted by Gasteiger charge is -2.05. The summed E-state index contributed by atoms with van der Waals surface area (Å²) in [6.07, 6.45) is 6.50. The number of rotatable bonds is 4. The molecule has 130 valence electrons. The highest BCUT2D eigenvalue weighted by Gasteiger charge is 2.09. The fourth-order valence-electron chi connectivity index (χ4n) is 2.57. The van der Waals surface area contributed by atoms with E-state index in [4.69, 9.17) is 10.5 Å². The van der Waals surface area contributed by atoms with E-state index in [0.29, 0.717) is 28.5 Å². The summed E-state index contributed by atoms with van der Waals surface area (Å²) in [5, 5.41) is 0. The Bertz CT molecular complexity index is 1100. The van der Waals surface area contributed by atoms with Crippen LogP contribution in [0.1, 0.15) is 5.69 Å². The quantitative estimate of drug-likeness (QED) is 0.450. The van der Waals surface area contributed by atoms with Crippen molar-refractivity contribution in [2.24, 2.45) is 0 Å². The Hall–Kier alpha value is -3.55. The number of imidazole rings is 1. The van der Waals surface area contributed by atoms with Crippen molar-refractivity contribution < 1.29 is 13.5 Å². The highest BCUT2D eigenvalue weighted by Crippen LogP contribution is 2.26. The number of anilines is 1. The largest absolute Gasteiger partial charge is 0.487 e. The van der Waals surface area contributed by atoms with Gasteiger partial charge in [0, 0.05) is 47.7 Å². The number of benzene rings is 1. The molecular weight excluding hydrogens is 340 g/mol. The van der Waals surface area contributed by atoms with E-state index in [1.54, 1.807) is 35.1 Å². The SMILES string of the molecule is Nc1cc(F)ccc1-c1cnc2nc(COc3ccnc(F)c3)cn2c1. The van der Waals surface area contributed by atoms with Gasteiger partial charge >= 0.3 is 0 Å². The Morgan fingerprint density at radius 2 is 1.96 bits per heavy atom. The van der Waals surface area contributed by atoms with Crippen LogP contribution < -0.4 is 10.5 Å². The Kier molecular flexibility index (Phi) is 3.92. The van der Waals surface area contributed by atoms with Crippen molar-refractivity contribution in [3.63, 3.8) is 0 Å². The minimum Gasteiger partial charge on any atom is -0.487 e. The molecule has 0 aliphatic carbocycles. The molecule has 0 unspecified atom stereocenters. The first-order valence-electron chi connectivity index (χ1n) is 7.72. The lowest BCUT2D eigenvalue weighted by Crippen LogP contribution is -1.96. The van der Waals surface area contributed by atoms with Crippen LogP contribution in [-0.2, 0) is 6.61 Å². The van der Waals surface area contributed by atoms with Gasteiger partial charge in [-0.25, -0.2) is 19.3 Å². The van der Waals surface area contributed by atoms with Crippen LogP contribution in [0.2, 0.25) is 0 Å². The summed E-state index contributed by atoms with van der Waals surface area (Å²) >= 11 is 0. The topological polar surface area (TPSA) is 78.3 Å². The van der Waals surface area contributed by atoms with Crippen molar-refractivity contribution in [3.8, 4) is 16.9 Å². The summed E-state index contributed by atoms with van der Waals surface area (Å²) in [5.41, 5.74) is 8.24. The van der Waals surface area contributed by atoms with Crippen molar-refractivity contribution in [1.29, 1.82) is 0 Å². The van der Waals surface area contributed by atoms with E-state index in [0.717, 1.165) is 5.56 Å². The molecule has 4 rings (SSSR count). The second-order valence-electron chi connectivity index (χ2n) is 5.62. The summed E-state index contributed by atoms with van der Waals surface area (Å²) in [6, 6.07) is 6.97. The molecule has 0 atom stereocenters. The average Bonchev–Trinajstić information content (AvgIpc) is 3.02. The predicted octanol–water partition coefficient (Wildman–Crippen LogP) is 3.23. The van der Waals surface area contributed by atoms with Gasteiger partial charge in [-0.05, 0) is 24.3 Å². The van der Waals surface area contributed by atoms with Gasteiger partial charge in [-0.15, -0.1) is 0 Å². The number of pyridine rings is 1. The molecule has 0 fully saturated rings. The van der Waals surface area contributed by atoms with E-state index in [2.05, 4.69) is 15.0 Å². The van der Waals surface area contributed by atoms with Crippen molar-refractivity contribution >= 4 is 11.5 Å². The van der Waals surface area contributed by atoms with Gasteiger partial charge in [-0.1, -0.05) is 0 Å². The van der Waals surface area contributed by atoms with Gasteiger partial charge in [0.15, 0.2) is 0 Å². The third kappa shape index (κ3) is 3.16. The van der Waals surface area contributed by atoms with Crippen LogP contribution in [0.4, 0.5) is 14.5 Å². The minimum atomic E-state index is -0.610. The fraction of sp³-hybridized carbons (Fsp3) is 0.0556. The zero-order chi connectivity index (χ0) is 18.1. The first-order chi connectivity index (χ1) is 12.6. The van der Waals surface area contributed by atoms with Crippen molar-refractivity contribution in [1.82, 2.24) is 19.4 Å². The predicted molar refractivity (Wildman–Crippen MR) is 91.3 cm³/mol. The minimum absolute atomic E-state index is 0.154. The molecule has 0 amide bonds. The van der Waals surface area contributed by atoms with Gasteiger partial charge in [0.25, 0.3) is 0 Å². The zero-order valence-electron chi connectivity index (χ0n) is 13.4. The van der Waals surface area contributed by atoms with E-state index in [1.165, 1.54) is 24.4 Å². The fourth-order valence-corrected chi connectivity index (χ4v) is 2.57. The van der Waals surface area contributed by atoms with Gasteiger partial charge < -0.3 is 10.5 Å². The maximum Gasteiger partial charge on any atom is 0.234 e. The molecule has 0 spiro atoms. The maximum atomic E-state index is 13.2. The Balaban J connectivity index is 1.59. The van der Waals surface area contributed by atoms with E-state index in [1.807, 2.05) is 0 Å². The van der Waals surface area contributed by atoms with E-state index >= 15 is 0 Å². The molecule has 2 N–H and O–H groups in total. The van der Waals surface area contributed by atoms with Gasteiger partial charge in [0.2, 0.25) is 11.7 Å². The third-order valence-corrected chi connectivity index (χ3v) is 3.77. The molecule has 0 aliphatic heterocycles. The number of nitrogens with two attached hydrogens (primary N) is 1. The summed E-state index contributed by atoms with van der Waals surface area (Å²) in [7, 11) is 0. The Labute approximate surface area is 146 Å². The molecule has 6 nitrogen and oxygen atoms in total. The van der Waals surface area contributed by atoms with Gasteiger partial charge in [-0.2, -0.15) is 4.39 Å². The molecule has 3 aromatic heterocycles. The van der Waals surface area contributed by atoms with Crippen LogP contribution in [-0.4, -0.2) is 19.4 Å². The number of fused-ring (bicyclic) bond motifs is 1. The Morgan fingerprint density at radius 1 is 1.08 bits per heavy atom. The van der Waals surface area contributed by atoms with Gasteiger partial charge in [0.05, 0.1) is 5.69 Å². The highest BCUT2D eigenvalue weighted by atomic mass is 19.1. The first-order valence-corrected chi connectivity index (χ1v) is 7.72. The number of aromatic nitrogens is 4. The molecule has 0 radical (unpaired) electrons. The van der Waals surface area contributed by atoms with Crippen molar-refractivity contribution in [2.75, 3.05) is 5.73 Å². The lowest BCUT2D eigenvalue weighted by atomic mass is 10.1. The van der Waals surface area contributed by atoms with E-state index < -0.39 is 11.8 Å². The van der Waals surface area contributed by atoms with Crippen molar-refractivity contribution in [3.05, 3.63) is 72.6 Å². The summed E-state index contributed by atoms with van der Waals surface area (Å²) < 4.78 is 33.5. The van der Waals surface area contributed by atoms with Crippen LogP contribution in [0.3, 0.4) is 0 Å². The average molecular weight is 353 g/mol. The molecule has 0 bridgehead atoms. The van der Waals surface area contributed by atoms with Crippen LogP contribution in [0.5, 0.6) is 5.75 Å². The zero-order valence-corrected chi connectivity index (χ0v) is 13.4. The number of hydrogen-bond donors (Lipinski definition) is 1. The number of nitrogen functional groups attached to an aromatic ring is 1. The van der Waals surface area contributed by atoms with Crippen LogP contribution in [0.15, 0.2) is 55.1 Å². The molecule has 8 heteroatoms. The van der Waals surface area contributed by atoms with Crippen molar-refractivity contribution in [2.45, 2.75) is 6.61 Å². The van der Waals surface area contributed by atoms with Gasteiger partial charge in [-0.3, -0.25) is 4.40 Å². The van der Waals surface area contributed by atoms with Crippen LogP contribution in [0, 0.1) is 11.8 Å². The van der Waals surface area contributed by atoms with Crippen LogP contribution in [0.25, 0.3) is 16.9 Å². The first kappa shape index (κ1) is 15.9. The number of ether oxygens (including phenoxy) is 1. The maximum absolute atomic E-state index is 13.2. The second kappa shape index (κ2) is 6.40. The molecule has 26 heavy (non-hydrogen) atoms. The number of nitrogens with zero attached hydrogens (tertiary/aromatic N) is 4. The lowest BCUT2D eigenvalue weighted by molar-refractivity contribution is 0.299. The standard InChI is InChI=1S/C18H13F2N5O/c19-12-1-2-15(16(21)5-12)11-7-23-18-24-13(9-25(18)8-11)10-26-14-3-4-22-17(20)6-14/h1-9H,10,21H2. The summed E-state index contributed by atoms with van der Waals surface area (Å²) in [4.78, 5) is 12.1. The molecule has 3 heterocycles. The monoisotopic (exact) mass is 353 g/mol. The summed E-state index contributed by atoms with van der Waals surface area (Å²) in [6.45, 7) is 0.154. The molecule has 4 aromatic rings. The highest BCUT2D eigenvalue weighted by molar-refractivity contribution is 5.75. The van der Waals surface area contributed by atoms with E-state index in [-0.39, 0.29) is 6.61 Å². The number of halogens is 2. The molecule has 1 aromatic carbocycles. The number of hydrogen-bond acceptors (Lipinski definition) is 5. The molecule has 0 aliphatic rings. The summed E-state index contributed by atoms with van der Waals surface area (Å²) in [5.74, 6) is -0.160. The van der Waals surface area contributed by atoms with E-state index in [9.17, 15) is 8.78 Å². The molecular formula is C18H13F2N5O. The smallest absolute Gasteiger partial charge is 0.234 e. The van der Waals surface area contributed by atoms with Gasteiger partial charge in [0.1, 0.15) is 18.2 Å². The Morgan fingerprint density at radius 3 is 2.77 bits per heavy atom. The molecule has 0 saturated heterocycles. The normalized spacial score (nSPS) is 11.0.